The number of pyridine rings is 1. The van der Waals surface area contributed by atoms with E-state index >= 15 is 0 Å². The standard InChI is InChI=1S/C22H28N6/c1-17-19(5-3-18-4-6-20(23)24-15-18)21(26-16-25-17)28-13-9-22(10-14-28)7-11-27(2)12-8-22/h4,6,15-16H,7-14H2,1-2H3,(H2,23,24). The van der Waals surface area contributed by atoms with E-state index < -0.39 is 0 Å². The maximum atomic E-state index is 5.66. The second-order valence-electron chi connectivity index (χ2n) is 8.17. The summed E-state index contributed by atoms with van der Waals surface area (Å²) in [5.74, 6) is 7.94. The predicted octanol–water partition coefficient (Wildman–Crippen LogP) is 2.47. The number of nitrogens with zero attached hydrogens (tertiary/aromatic N) is 5. The first-order chi connectivity index (χ1) is 13.5. The fraction of sp³-hybridized carbons (Fsp3) is 0.500. The number of hydrogen-bond donors (Lipinski definition) is 1. The van der Waals surface area contributed by atoms with Crippen molar-refractivity contribution in [2.24, 2.45) is 5.41 Å². The van der Waals surface area contributed by atoms with Crippen LogP contribution in [0.5, 0.6) is 0 Å². The first kappa shape index (κ1) is 18.7. The van der Waals surface area contributed by atoms with Crippen molar-refractivity contribution in [3.63, 3.8) is 0 Å². The van der Waals surface area contributed by atoms with Gasteiger partial charge in [-0.1, -0.05) is 11.8 Å². The molecular formula is C22H28N6. The molecule has 0 bridgehead atoms. The fourth-order valence-electron chi connectivity index (χ4n) is 4.25. The molecule has 1 spiro atoms. The molecule has 4 heterocycles. The van der Waals surface area contributed by atoms with Crippen molar-refractivity contribution in [3.05, 3.63) is 41.5 Å². The van der Waals surface area contributed by atoms with Crippen molar-refractivity contribution in [2.45, 2.75) is 32.6 Å². The summed E-state index contributed by atoms with van der Waals surface area (Å²) in [6.07, 6.45) is 8.46. The van der Waals surface area contributed by atoms with Crippen LogP contribution in [0.25, 0.3) is 0 Å². The summed E-state index contributed by atoms with van der Waals surface area (Å²) < 4.78 is 0. The van der Waals surface area contributed by atoms with Crippen molar-refractivity contribution < 1.29 is 0 Å². The Bertz CT molecular complexity index is 877. The summed E-state index contributed by atoms with van der Waals surface area (Å²) in [7, 11) is 2.23. The van der Waals surface area contributed by atoms with Gasteiger partial charge in [0.05, 0.1) is 11.3 Å². The molecule has 4 rings (SSSR count). The molecule has 0 aliphatic carbocycles. The molecule has 0 amide bonds. The van der Waals surface area contributed by atoms with E-state index in [1.807, 2.05) is 13.0 Å². The predicted molar refractivity (Wildman–Crippen MR) is 112 cm³/mol. The molecule has 0 saturated carbocycles. The maximum Gasteiger partial charge on any atom is 0.148 e. The Morgan fingerprint density at radius 2 is 1.68 bits per heavy atom. The third-order valence-corrected chi connectivity index (χ3v) is 6.31. The van der Waals surface area contributed by atoms with Crippen LogP contribution in [0.15, 0.2) is 24.7 Å². The number of likely N-dealkylation sites (tertiary alicyclic amines) is 1. The highest BCUT2D eigenvalue weighted by atomic mass is 15.2. The van der Waals surface area contributed by atoms with E-state index in [2.05, 4.69) is 43.6 Å². The number of nitrogen functional groups attached to an aromatic ring is 1. The van der Waals surface area contributed by atoms with Gasteiger partial charge >= 0.3 is 0 Å². The SMILES string of the molecule is Cc1ncnc(N2CCC3(CCN(C)CC3)CC2)c1C#Cc1ccc(N)nc1. The zero-order valence-electron chi connectivity index (χ0n) is 16.8. The van der Waals surface area contributed by atoms with Gasteiger partial charge < -0.3 is 15.5 Å². The van der Waals surface area contributed by atoms with Crippen LogP contribution in [-0.2, 0) is 0 Å². The van der Waals surface area contributed by atoms with Crippen LogP contribution in [0.4, 0.5) is 11.6 Å². The molecule has 0 aromatic carbocycles. The number of nitrogens with two attached hydrogens (primary N) is 1. The molecule has 146 valence electrons. The molecule has 2 aliphatic rings. The normalized spacial score (nSPS) is 19.3. The summed E-state index contributed by atoms with van der Waals surface area (Å²) in [5.41, 5.74) is 8.85. The number of piperidine rings is 2. The van der Waals surface area contributed by atoms with E-state index in [1.54, 1.807) is 18.6 Å². The van der Waals surface area contributed by atoms with Gasteiger partial charge in [-0.25, -0.2) is 15.0 Å². The van der Waals surface area contributed by atoms with Gasteiger partial charge in [0, 0.05) is 24.8 Å². The minimum atomic E-state index is 0.501. The number of rotatable bonds is 1. The van der Waals surface area contributed by atoms with Gasteiger partial charge in [-0.15, -0.1) is 0 Å². The molecular weight excluding hydrogens is 348 g/mol. The molecule has 2 aromatic rings. The largest absolute Gasteiger partial charge is 0.384 e. The second kappa shape index (κ2) is 7.76. The lowest BCUT2D eigenvalue weighted by Crippen LogP contribution is -2.46. The smallest absolute Gasteiger partial charge is 0.148 e. The number of hydrogen-bond acceptors (Lipinski definition) is 6. The Hall–Kier alpha value is -2.65. The molecule has 2 saturated heterocycles. The number of aryl methyl sites for hydroxylation is 1. The van der Waals surface area contributed by atoms with Gasteiger partial charge in [0.2, 0.25) is 0 Å². The van der Waals surface area contributed by atoms with Gasteiger partial charge in [-0.2, -0.15) is 0 Å². The first-order valence-electron chi connectivity index (χ1n) is 10.0. The highest BCUT2D eigenvalue weighted by molar-refractivity contribution is 5.59. The summed E-state index contributed by atoms with van der Waals surface area (Å²) >= 11 is 0. The molecule has 0 radical (unpaired) electrons. The first-order valence-corrected chi connectivity index (χ1v) is 10.0. The zero-order chi connectivity index (χ0) is 19.6. The lowest BCUT2D eigenvalue weighted by molar-refractivity contribution is 0.0943. The highest BCUT2D eigenvalue weighted by Crippen LogP contribution is 2.42. The molecule has 0 atom stereocenters. The van der Waals surface area contributed by atoms with E-state index in [0.29, 0.717) is 11.2 Å². The third-order valence-electron chi connectivity index (χ3n) is 6.31. The average Bonchev–Trinajstić information content (AvgIpc) is 2.71. The van der Waals surface area contributed by atoms with Crippen molar-refractivity contribution in [1.29, 1.82) is 0 Å². The molecule has 28 heavy (non-hydrogen) atoms. The molecule has 2 N–H and O–H groups in total. The van der Waals surface area contributed by atoms with Crippen molar-refractivity contribution >= 4 is 11.6 Å². The fourth-order valence-corrected chi connectivity index (χ4v) is 4.25. The van der Waals surface area contributed by atoms with Crippen LogP contribution in [0.2, 0.25) is 0 Å². The van der Waals surface area contributed by atoms with Gasteiger partial charge in [-0.3, -0.25) is 0 Å². The van der Waals surface area contributed by atoms with Crippen LogP contribution in [0, 0.1) is 24.2 Å². The van der Waals surface area contributed by atoms with Crippen molar-refractivity contribution in [3.8, 4) is 11.8 Å². The maximum absolute atomic E-state index is 5.66. The average molecular weight is 377 g/mol. The van der Waals surface area contributed by atoms with Gasteiger partial charge in [-0.05, 0) is 70.3 Å². The van der Waals surface area contributed by atoms with E-state index in [0.717, 1.165) is 35.7 Å². The minimum absolute atomic E-state index is 0.501. The third kappa shape index (κ3) is 3.95. The number of anilines is 2. The zero-order valence-corrected chi connectivity index (χ0v) is 16.8. The second-order valence-corrected chi connectivity index (χ2v) is 8.17. The van der Waals surface area contributed by atoms with Crippen LogP contribution in [0.3, 0.4) is 0 Å². The van der Waals surface area contributed by atoms with E-state index in [1.165, 1.54) is 38.8 Å². The van der Waals surface area contributed by atoms with Gasteiger partial charge in [0.25, 0.3) is 0 Å². The van der Waals surface area contributed by atoms with Gasteiger partial charge in [0.15, 0.2) is 0 Å². The Balaban J connectivity index is 1.53. The van der Waals surface area contributed by atoms with Crippen LogP contribution in [0.1, 0.15) is 42.5 Å². The highest BCUT2D eigenvalue weighted by Gasteiger charge is 2.37. The summed E-state index contributed by atoms with van der Waals surface area (Å²) in [6, 6.07) is 3.66. The quantitative estimate of drug-likeness (QED) is 0.771. The van der Waals surface area contributed by atoms with Crippen LogP contribution >= 0.6 is 0 Å². The lowest BCUT2D eigenvalue weighted by Gasteiger charge is -2.46. The van der Waals surface area contributed by atoms with Crippen LogP contribution in [-0.4, -0.2) is 53.1 Å². The Morgan fingerprint density at radius 1 is 0.964 bits per heavy atom. The summed E-state index contributed by atoms with van der Waals surface area (Å²) in [4.78, 5) is 17.9. The van der Waals surface area contributed by atoms with Crippen molar-refractivity contribution in [1.82, 2.24) is 19.9 Å². The van der Waals surface area contributed by atoms with E-state index in [4.69, 9.17) is 5.73 Å². The minimum Gasteiger partial charge on any atom is -0.384 e. The molecule has 2 aliphatic heterocycles. The van der Waals surface area contributed by atoms with Crippen molar-refractivity contribution in [2.75, 3.05) is 43.9 Å². The molecule has 6 heteroatoms. The summed E-state index contributed by atoms with van der Waals surface area (Å²) in [5, 5.41) is 0. The lowest BCUT2D eigenvalue weighted by atomic mass is 9.71. The molecule has 2 aromatic heterocycles. The van der Waals surface area contributed by atoms with Crippen LogP contribution < -0.4 is 10.6 Å². The topological polar surface area (TPSA) is 71.2 Å². The van der Waals surface area contributed by atoms with E-state index in [9.17, 15) is 0 Å². The summed E-state index contributed by atoms with van der Waals surface area (Å²) in [6.45, 7) is 6.52. The molecule has 6 nitrogen and oxygen atoms in total. The van der Waals surface area contributed by atoms with E-state index in [-0.39, 0.29) is 0 Å². The Kier molecular flexibility index (Phi) is 5.19. The molecule has 2 fully saturated rings. The Morgan fingerprint density at radius 3 is 2.36 bits per heavy atom. The van der Waals surface area contributed by atoms with Gasteiger partial charge in [0.1, 0.15) is 18.0 Å². The molecule has 0 unspecified atom stereocenters. The Labute approximate surface area is 167 Å². The number of aromatic nitrogens is 3. The monoisotopic (exact) mass is 376 g/mol.